The van der Waals surface area contributed by atoms with Gasteiger partial charge >= 0.3 is 149 Å². The Labute approximate surface area is 149 Å². The molecule has 0 unspecified atom stereocenters. The van der Waals surface area contributed by atoms with Gasteiger partial charge in [0, 0.05) is 0 Å². The first kappa shape index (κ1) is 21.7. The van der Waals surface area contributed by atoms with E-state index in [1.165, 1.54) is 51.8 Å². The topological polar surface area (TPSA) is 47.3 Å². The molecule has 4 heteroatoms. The average molecular weight is 433 g/mol. The molecule has 1 fully saturated rings. The van der Waals surface area contributed by atoms with Crippen LogP contribution in [0.3, 0.4) is 0 Å². The van der Waals surface area contributed by atoms with Gasteiger partial charge in [-0.1, -0.05) is 0 Å². The predicted octanol–water partition coefficient (Wildman–Crippen LogP) is 4.47. The van der Waals surface area contributed by atoms with Gasteiger partial charge in [-0.25, -0.2) is 0 Å². The summed E-state index contributed by atoms with van der Waals surface area (Å²) < 4.78 is 12.4. The molecule has 0 aliphatic carbocycles. The number of nitrogens with one attached hydrogen (secondary N) is 1. The van der Waals surface area contributed by atoms with Gasteiger partial charge in [0.25, 0.3) is 0 Å². The number of unbranched alkanes of at least 4 members (excludes halogenated alkanes) is 3. The van der Waals surface area contributed by atoms with Crippen molar-refractivity contribution >= 4 is 18.4 Å². The average Bonchev–Trinajstić information content (AvgIpc) is 2.61. The summed E-state index contributed by atoms with van der Waals surface area (Å²) in [4.78, 5) is 0. The fourth-order valence-corrected chi connectivity index (χ4v) is 18.4. The quantitative estimate of drug-likeness (QED) is 0.422. The normalized spacial score (nSPS) is 18.3. The first-order chi connectivity index (χ1) is 11.2. The van der Waals surface area contributed by atoms with Crippen LogP contribution in [0.4, 0.5) is 0 Å². The molecule has 0 aromatic rings. The summed E-state index contributed by atoms with van der Waals surface area (Å²) in [6.45, 7) is 9.85. The zero-order valence-electron chi connectivity index (χ0n) is 16.1. The zero-order valence-corrected chi connectivity index (χ0v) is 18.9. The van der Waals surface area contributed by atoms with Crippen molar-refractivity contribution in [2.45, 2.75) is 91.0 Å². The maximum absolute atomic E-state index is 6.70. The molecule has 3 nitrogen and oxygen atoms in total. The van der Waals surface area contributed by atoms with E-state index in [-0.39, 0.29) is 5.60 Å². The standard InChI is InChI=1S/C7H15N2O.3C4H9.Sn/c1-10-7(6-8)2-4-9-5-3-7;3*1-3-4-2;/h9H,1-6,8H2;3*1,3-4H2,2H3;. The van der Waals surface area contributed by atoms with Crippen molar-refractivity contribution in [1.29, 1.82) is 0 Å². The number of hydrogen-bond acceptors (Lipinski definition) is 3. The summed E-state index contributed by atoms with van der Waals surface area (Å²) in [7, 11) is 0. The summed E-state index contributed by atoms with van der Waals surface area (Å²) in [6.07, 6.45) is 10.5. The van der Waals surface area contributed by atoms with E-state index in [0.29, 0.717) is 6.54 Å². The molecule has 0 radical (unpaired) electrons. The summed E-state index contributed by atoms with van der Waals surface area (Å²) in [5.41, 5.74) is 6.12. The van der Waals surface area contributed by atoms with Gasteiger partial charge in [0.1, 0.15) is 0 Å². The van der Waals surface area contributed by atoms with E-state index >= 15 is 0 Å². The van der Waals surface area contributed by atoms with E-state index in [2.05, 4.69) is 26.1 Å². The van der Waals surface area contributed by atoms with Crippen LogP contribution in [-0.2, 0) is 4.74 Å². The number of hydrogen-bond donors (Lipinski definition) is 2. The zero-order chi connectivity index (χ0) is 17.0. The fourth-order valence-electron chi connectivity index (χ4n) is 3.84. The molecule has 0 aromatic heterocycles. The molecule has 1 aliphatic heterocycles. The Morgan fingerprint density at radius 3 is 1.78 bits per heavy atom. The van der Waals surface area contributed by atoms with E-state index in [1.54, 1.807) is 0 Å². The Kier molecular flexibility index (Phi) is 11.4. The van der Waals surface area contributed by atoms with Crippen LogP contribution in [0.1, 0.15) is 72.1 Å². The summed E-state index contributed by atoms with van der Waals surface area (Å²) in [5.74, 6) is 0. The third kappa shape index (κ3) is 7.62. The molecule has 1 rings (SSSR count). The van der Waals surface area contributed by atoms with Crippen molar-refractivity contribution in [2.24, 2.45) is 5.73 Å². The molecule has 0 spiro atoms. The Hall–Kier alpha value is 0.679. The maximum atomic E-state index is 6.70. The van der Waals surface area contributed by atoms with Gasteiger partial charge in [-0.05, 0) is 0 Å². The minimum absolute atomic E-state index is 0.0158. The molecule has 1 heterocycles. The Balaban J connectivity index is 2.73. The minimum atomic E-state index is -2.17. The summed E-state index contributed by atoms with van der Waals surface area (Å²) >= 11 is -2.17. The van der Waals surface area contributed by atoms with Crippen molar-refractivity contribution in [3.8, 4) is 0 Å². The first-order valence-electron chi connectivity index (χ1n) is 10.2. The van der Waals surface area contributed by atoms with Gasteiger partial charge < -0.3 is 0 Å². The van der Waals surface area contributed by atoms with E-state index in [0.717, 1.165) is 30.6 Å². The second-order valence-corrected chi connectivity index (χ2v) is 21.4. The van der Waals surface area contributed by atoms with Gasteiger partial charge in [-0.2, -0.15) is 0 Å². The van der Waals surface area contributed by atoms with Crippen LogP contribution in [0.5, 0.6) is 0 Å². The van der Waals surface area contributed by atoms with Crippen LogP contribution >= 0.6 is 0 Å². The van der Waals surface area contributed by atoms with E-state index in [4.69, 9.17) is 10.5 Å². The molecule has 3 N–H and O–H groups in total. The molecular weight excluding hydrogens is 391 g/mol. The van der Waals surface area contributed by atoms with E-state index in [1.807, 2.05) is 0 Å². The van der Waals surface area contributed by atoms with Gasteiger partial charge in [0.05, 0.1) is 0 Å². The SMILES string of the molecule is CCC[CH2][Sn]([CH2]CCC)([CH2]CCC)[CH2]OC1(CN)CCNCC1. The van der Waals surface area contributed by atoms with Crippen LogP contribution in [0.2, 0.25) is 13.3 Å². The summed E-state index contributed by atoms with van der Waals surface area (Å²) in [6, 6.07) is 0. The molecule has 23 heavy (non-hydrogen) atoms. The number of piperidine rings is 1. The Morgan fingerprint density at radius 1 is 0.913 bits per heavy atom. The van der Waals surface area contributed by atoms with Crippen LogP contribution in [-0.4, -0.2) is 48.2 Å². The molecule has 0 saturated carbocycles. The predicted molar refractivity (Wildman–Crippen MR) is 105 cm³/mol. The van der Waals surface area contributed by atoms with Crippen molar-refractivity contribution in [2.75, 3.05) is 24.3 Å². The van der Waals surface area contributed by atoms with Crippen LogP contribution in [0, 0.1) is 0 Å². The number of ether oxygens (including phenoxy) is 1. The fraction of sp³-hybridized carbons (Fsp3) is 1.00. The van der Waals surface area contributed by atoms with Crippen molar-refractivity contribution in [3.05, 3.63) is 0 Å². The molecule has 1 aliphatic rings. The first-order valence-corrected chi connectivity index (χ1v) is 18.3. The van der Waals surface area contributed by atoms with E-state index < -0.39 is 18.4 Å². The van der Waals surface area contributed by atoms with Crippen molar-refractivity contribution < 1.29 is 4.74 Å². The van der Waals surface area contributed by atoms with Gasteiger partial charge in [0.2, 0.25) is 0 Å². The molecule has 0 aromatic carbocycles. The van der Waals surface area contributed by atoms with Gasteiger partial charge in [0.15, 0.2) is 0 Å². The molecule has 138 valence electrons. The molecule has 0 bridgehead atoms. The number of rotatable bonds is 13. The molecular formula is C19H42N2OSn. The number of nitrogens with two attached hydrogens (primary N) is 1. The van der Waals surface area contributed by atoms with Gasteiger partial charge in [-0.3, -0.25) is 0 Å². The second-order valence-electron chi connectivity index (χ2n) is 7.74. The van der Waals surface area contributed by atoms with Crippen molar-refractivity contribution in [1.82, 2.24) is 5.32 Å². The van der Waals surface area contributed by atoms with Crippen LogP contribution in [0.15, 0.2) is 0 Å². The Bertz CT molecular complexity index is 271. The van der Waals surface area contributed by atoms with Crippen LogP contribution in [0.25, 0.3) is 0 Å². The van der Waals surface area contributed by atoms with Crippen LogP contribution < -0.4 is 11.1 Å². The third-order valence-electron chi connectivity index (χ3n) is 5.75. The van der Waals surface area contributed by atoms with E-state index in [9.17, 15) is 0 Å². The molecule has 1 saturated heterocycles. The Morgan fingerprint density at radius 2 is 1.39 bits per heavy atom. The molecule has 0 atom stereocenters. The second kappa shape index (κ2) is 12.1. The third-order valence-corrected chi connectivity index (χ3v) is 20.0. The molecule has 0 amide bonds. The monoisotopic (exact) mass is 434 g/mol. The van der Waals surface area contributed by atoms with Crippen molar-refractivity contribution in [3.63, 3.8) is 0 Å². The van der Waals surface area contributed by atoms with Gasteiger partial charge in [-0.15, -0.1) is 0 Å². The summed E-state index contributed by atoms with van der Waals surface area (Å²) in [5, 5.41) is 3.46.